The summed E-state index contributed by atoms with van der Waals surface area (Å²) in [4.78, 5) is 0. The Balaban J connectivity index is 1.63. The van der Waals surface area contributed by atoms with Crippen molar-refractivity contribution < 1.29 is 5.11 Å². The minimum Gasteiger partial charge on any atom is -0.508 e. The first-order valence-corrected chi connectivity index (χ1v) is 12.5. The number of phenols is 1. The van der Waals surface area contributed by atoms with E-state index < -0.39 is 0 Å². The number of hydrogen-bond donors (Lipinski definition) is 1. The molecule has 4 rings (SSSR count). The van der Waals surface area contributed by atoms with E-state index in [9.17, 15) is 5.11 Å². The van der Waals surface area contributed by atoms with Crippen molar-refractivity contribution in [1.29, 1.82) is 0 Å². The second-order valence-electron chi connectivity index (χ2n) is 9.48. The Morgan fingerprint density at radius 3 is 1.26 bits per heavy atom. The summed E-state index contributed by atoms with van der Waals surface area (Å²) < 4.78 is 0. The van der Waals surface area contributed by atoms with Gasteiger partial charge in [-0.25, -0.2) is 0 Å². The van der Waals surface area contributed by atoms with Crippen LogP contribution in [-0.4, -0.2) is 5.11 Å². The Morgan fingerprint density at radius 1 is 0.412 bits per heavy atom. The fourth-order valence-electron chi connectivity index (χ4n) is 5.01. The molecule has 0 bridgehead atoms. The predicted molar refractivity (Wildman–Crippen MR) is 144 cm³/mol. The molecule has 1 heteroatoms. The number of benzene rings is 4. The zero-order valence-corrected chi connectivity index (χ0v) is 20.8. The summed E-state index contributed by atoms with van der Waals surface area (Å²) in [5, 5.41) is 10.9. The average Bonchev–Trinajstić information content (AvgIpc) is 2.84. The van der Waals surface area contributed by atoms with Crippen LogP contribution >= 0.6 is 0 Å². The highest BCUT2D eigenvalue weighted by Gasteiger charge is 2.15. The lowest BCUT2D eigenvalue weighted by Crippen LogP contribution is -2.07. The van der Waals surface area contributed by atoms with Crippen LogP contribution in [0.25, 0.3) is 0 Å². The van der Waals surface area contributed by atoms with Gasteiger partial charge in [0.2, 0.25) is 0 Å². The minimum absolute atomic E-state index is 0.438. The lowest BCUT2D eigenvalue weighted by Gasteiger charge is -2.18. The largest absolute Gasteiger partial charge is 0.508 e. The number of hydrogen-bond acceptors (Lipinski definition) is 1. The molecular weight excluding hydrogens is 412 g/mol. The van der Waals surface area contributed by atoms with Crippen LogP contribution in [0.3, 0.4) is 0 Å². The van der Waals surface area contributed by atoms with Crippen molar-refractivity contribution in [2.75, 3.05) is 0 Å². The van der Waals surface area contributed by atoms with E-state index in [0.717, 1.165) is 44.1 Å². The lowest BCUT2D eigenvalue weighted by molar-refractivity contribution is 0.466. The molecule has 0 saturated carbocycles. The van der Waals surface area contributed by atoms with Crippen LogP contribution in [0.2, 0.25) is 0 Å². The summed E-state index contributed by atoms with van der Waals surface area (Å²) in [7, 11) is 0. The van der Waals surface area contributed by atoms with Crippen molar-refractivity contribution >= 4 is 0 Å². The molecule has 0 saturated heterocycles. The van der Waals surface area contributed by atoms with Crippen LogP contribution in [0.15, 0.2) is 84.9 Å². The van der Waals surface area contributed by atoms with Gasteiger partial charge in [-0.1, -0.05) is 78.9 Å². The third kappa shape index (κ3) is 5.78. The Kier molecular flexibility index (Phi) is 7.85. The number of rotatable bonds is 9. The molecule has 0 aromatic heterocycles. The summed E-state index contributed by atoms with van der Waals surface area (Å²) in [6.45, 7) is 6.56. The van der Waals surface area contributed by atoms with Crippen LogP contribution in [0.4, 0.5) is 0 Å². The number of aromatic hydroxyl groups is 1. The molecule has 0 aliphatic rings. The molecule has 34 heavy (non-hydrogen) atoms. The van der Waals surface area contributed by atoms with E-state index in [4.69, 9.17) is 0 Å². The summed E-state index contributed by atoms with van der Waals surface area (Å²) in [5.41, 5.74) is 12.0. The number of aryl methyl sites for hydroxylation is 7. The Morgan fingerprint density at radius 2 is 0.794 bits per heavy atom. The first kappa shape index (κ1) is 23.8. The van der Waals surface area contributed by atoms with Crippen molar-refractivity contribution in [3.05, 3.63) is 135 Å². The van der Waals surface area contributed by atoms with Crippen molar-refractivity contribution in [1.82, 2.24) is 0 Å². The summed E-state index contributed by atoms with van der Waals surface area (Å²) >= 11 is 0. The highest BCUT2D eigenvalue weighted by atomic mass is 16.3. The van der Waals surface area contributed by atoms with E-state index in [0.29, 0.717) is 5.75 Å². The summed E-state index contributed by atoms with van der Waals surface area (Å²) in [5.74, 6) is 0.438. The van der Waals surface area contributed by atoms with Crippen LogP contribution in [0.5, 0.6) is 5.75 Å². The second-order valence-corrected chi connectivity index (χ2v) is 9.48. The zero-order valence-electron chi connectivity index (χ0n) is 20.8. The van der Waals surface area contributed by atoms with Gasteiger partial charge in [0, 0.05) is 0 Å². The van der Waals surface area contributed by atoms with Crippen LogP contribution in [-0.2, 0) is 38.5 Å². The Bertz CT molecular complexity index is 1250. The van der Waals surface area contributed by atoms with E-state index in [1.807, 2.05) is 6.07 Å². The molecule has 0 amide bonds. The molecule has 0 fully saturated rings. The molecule has 0 aliphatic heterocycles. The summed E-state index contributed by atoms with van der Waals surface area (Å²) in [6, 6.07) is 30.0. The highest BCUT2D eigenvalue weighted by Crippen LogP contribution is 2.29. The van der Waals surface area contributed by atoms with Crippen molar-refractivity contribution in [3.63, 3.8) is 0 Å². The van der Waals surface area contributed by atoms with Gasteiger partial charge in [0.05, 0.1) is 0 Å². The number of phenolic OH excluding ortho intramolecular Hbond substituents is 1. The van der Waals surface area contributed by atoms with Crippen molar-refractivity contribution in [2.24, 2.45) is 0 Å². The van der Waals surface area contributed by atoms with Gasteiger partial charge in [-0.3, -0.25) is 0 Å². The minimum atomic E-state index is 0.438. The normalized spacial score (nSPS) is 11.0. The van der Waals surface area contributed by atoms with Gasteiger partial charge in [0.15, 0.2) is 0 Å². The third-order valence-corrected chi connectivity index (χ3v) is 7.24. The Labute approximate surface area is 205 Å². The van der Waals surface area contributed by atoms with Crippen LogP contribution in [0, 0.1) is 20.8 Å². The van der Waals surface area contributed by atoms with Crippen LogP contribution in [0.1, 0.15) is 50.1 Å². The molecular formula is C33H36O. The van der Waals surface area contributed by atoms with E-state index in [-0.39, 0.29) is 0 Å². The van der Waals surface area contributed by atoms with E-state index >= 15 is 0 Å². The molecule has 1 N–H and O–H groups in total. The van der Waals surface area contributed by atoms with Gasteiger partial charge in [0.25, 0.3) is 0 Å². The highest BCUT2D eigenvalue weighted by molar-refractivity contribution is 5.46. The van der Waals surface area contributed by atoms with Gasteiger partial charge >= 0.3 is 0 Å². The van der Waals surface area contributed by atoms with Crippen LogP contribution < -0.4 is 0 Å². The standard InChI is InChI=1S/C33H36O/c1-24-10-4-7-13-27(24)16-17-30-20-23-33(34)32(22-19-29-15-9-6-12-26(29)3)31(30)21-18-28-14-8-5-11-25(28)2/h4-15,20,23,34H,16-19,21-22H2,1-3H3. The van der Waals surface area contributed by atoms with Crippen molar-refractivity contribution in [2.45, 2.75) is 59.3 Å². The Hall–Kier alpha value is -3.32. The van der Waals surface area contributed by atoms with Gasteiger partial charge in [-0.05, 0) is 115 Å². The van der Waals surface area contributed by atoms with Gasteiger partial charge in [-0.2, -0.15) is 0 Å². The molecule has 0 radical (unpaired) electrons. The maximum Gasteiger partial charge on any atom is 0.119 e. The molecule has 4 aromatic rings. The summed E-state index contributed by atoms with van der Waals surface area (Å²) in [6.07, 6.45) is 5.75. The lowest BCUT2D eigenvalue weighted by atomic mass is 9.87. The van der Waals surface area contributed by atoms with Gasteiger partial charge in [-0.15, -0.1) is 0 Å². The molecule has 0 spiro atoms. The van der Waals surface area contributed by atoms with E-state index in [1.165, 1.54) is 44.5 Å². The van der Waals surface area contributed by atoms with Crippen molar-refractivity contribution in [3.8, 4) is 5.75 Å². The molecule has 0 aliphatic carbocycles. The maximum atomic E-state index is 10.9. The fraction of sp³-hybridized carbons (Fsp3) is 0.273. The molecule has 0 heterocycles. The molecule has 1 nitrogen and oxygen atoms in total. The third-order valence-electron chi connectivity index (χ3n) is 7.24. The first-order valence-electron chi connectivity index (χ1n) is 12.5. The van der Waals surface area contributed by atoms with E-state index in [2.05, 4.69) is 99.6 Å². The van der Waals surface area contributed by atoms with Gasteiger partial charge in [0.1, 0.15) is 5.75 Å². The quantitative estimate of drug-likeness (QED) is 0.278. The second kappa shape index (κ2) is 11.2. The average molecular weight is 449 g/mol. The topological polar surface area (TPSA) is 20.2 Å². The predicted octanol–water partition coefficient (Wildman–Crippen LogP) is 7.67. The smallest absolute Gasteiger partial charge is 0.119 e. The molecule has 0 atom stereocenters. The zero-order chi connectivity index (χ0) is 23.9. The first-order chi connectivity index (χ1) is 16.5. The van der Waals surface area contributed by atoms with Gasteiger partial charge < -0.3 is 5.11 Å². The maximum absolute atomic E-state index is 10.9. The monoisotopic (exact) mass is 448 g/mol. The molecule has 174 valence electrons. The fourth-order valence-corrected chi connectivity index (χ4v) is 5.01. The molecule has 4 aromatic carbocycles. The molecule has 0 unspecified atom stereocenters. The SMILES string of the molecule is Cc1ccccc1CCc1ccc(O)c(CCc2ccccc2C)c1CCc1ccccc1C. The van der Waals surface area contributed by atoms with E-state index in [1.54, 1.807) is 0 Å².